The van der Waals surface area contributed by atoms with E-state index < -0.39 is 0 Å². The molecule has 7 heteroatoms. The number of nitrogens with zero attached hydrogens (tertiary/aromatic N) is 3. The van der Waals surface area contributed by atoms with E-state index in [-0.39, 0.29) is 5.91 Å². The number of hydrogen-bond acceptors (Lipinski definition) is 5. The van der Waals surface area contributed by atoms with Gasteiger partial charge >= 0.3 is 0 Å². The summed E-state index contributed by atoms with van der Waals surface area (Å²) in [6, 6.07) is 12.0. The van der Waals surface area contributed by atoms with Gasteiger partial charge in [0.05, 0.1) is 11.4 Å². The molecule has 136 valence electrons. The Morgan fingerprint density at radius 3 is 2.56 bits per heavy atom. The summed E-state index contributed by atoms with van der Waals surface area (Å²) in [5.41, 5.74) is 10.6. The maximum Gasteiger partial charge on any atom is 0.263 e. The molecule has 0 atom stereocenters. The number of benzene rings is 1. The highest BCUT2D eigenvalue weighted by Crippen LogP contribution is 2.34. The van der Waals surface area contributed by atoms with Crippen LogP contribution in [0.5, 0.6) is 0 Å². The molecule has 0 fully saturated rings. The summed E-state index contributed by atoms with van der Waals surface area (Å²) >= 11 is 1.28. The molecule has 27 heavy (non-hydrogen) atoms. The maximum absolute atomic E-state index is 12.6. The molecular formula is C20H19N5OS. The number of hydrogen-bond donors (Lipinski definition) is 2. The molecule has 3 heterocycles. The molecule has 3 N–H and O–H groups in total. The minimum absolute atomic E-state index is 0.193. The summed E-state index contributed by atoms with van der Waals surface area (Å²) in [6.45, 7) is 4.27. The van der Waals surface area contributed by atoms with Gasteiger partial charge in [0.25, 0.3) is 5.91 Å². The van der Waals surface area contributed by atoms with Gasteiger partial charge in [0.2, 0.25) is 0 Å². The van der Waals surface area contributed by atoms with Crippen molar-refractivity contribution in [1.29, 1.82) is 0 Å². The molecule has 3 aromatic heterocycles. The summed E-state index contributed by atoms with van der Waals surface area (Å²) in [5, 5.41) is 12.0. The van der Waals surface area contributed by atoms with Crippen LogP contribution in [0.2, 0.25) is 0 Å². The summed E-state index contributed by atoms with van der Waals surface area (Å²) in [7, 11) is 0. The van der Waals surface area contributed by atoms with Crippen molar-refractivity contribution in [2.24, 2.45) is 0 Å². The number of anilines is 1. The van der Waals surface area contributed by atoms with Crippen molar-refractivity contribution >= 4 is 33.1 Å². The van der Waals surface area contributed by atoms with Crippen molar-refractivity contribution in [2.45, 2.75) is 20.4 Å². The largest absolute Gasteiger partial charge is 0.397 e. The van der Waals surface area contributed by atoms with E-state index in [0.717, 1.165) is 27.9 Å². The van der Waals surface area contributed by atoms with Gasteiger partial charge in [-0.25, -0.2) is 0 Å². The Balaban J connectivity index is 1.50. The van der Waals surface area contributed by atoms with Gasteiger partial charge in [0, 0.05) is 30.0 Å². The first-order valence-electron chi connectivity index (χ1n) is 8.57. The van der Waals surface area contributed by atoms with Gasteiger partial charge in [0.15, 0.2) is 0 Å². The zero-order chi connectivity index (χ0) is 19.0. The summed E-state index contributed by atoms with van der Waals surface area (Å²) in [5.74, 6) is -0.193. The highest BCUT2D eigenvalue weighted by atomic mass is 32.1. The fraction of sp³-hybridized carbons (Fsp3) is 0.150. The number of nitrogen functional groups attached to an aromatic ring is 1. The normalized spacial score (nSPS) is 11.0. The molecule has 0 saturated carbocycles. The van der Waals surface area contributed by atoms with Crippen molar-refractivity contribution in [2.75, 3.05) is 5.73 Å². The second-order valence-corrected chi connectivity index (χ2v) is 7.37. The number of nitrogens with two attached hydrogens (primary N) is 1. The number of fused-ring (bicyclic) bond motifs is 1. The van der Waals surface area contributed by atoms with Crippen molar-refractivity contribution in [3.05, 3.63) is 70.5 Å². The smallest absolute Gasteiger partial charge is 0.263 e. The third-order valence-corrected chi connectivity index (χ3v) is 5.72. The standard InChI is InChI=1S/C20H19N5OS/c1-12-13(2)23-24-20-16(12)17(21)18(27-20)19(26)22-11-14-5-7-15(8-6-14)25-9-3-4-10-25/h3-10H,11,21H2,1-2H3,(H,22,26). The second-order valence-electron chi connectivity index (χ2n) is 6.37. The highest BCUT2D eigenvalue weighted by Gasteiger charge is 2.19. The van der Waals surface area contributed by atoms with E-state index in [4.69, 9.17) is 5.73 Å². The Labute approximate surface area is 160 Å². The van der Waals surface area contributed by atoms with Gasteiger partial charge in [-0.3, -0.25) is 4.79 Å². The van der Waals surface area contributed by atoms with Crippen molar-refractivity contribution in [3.8, 4) is 5.69 Å². The van der Waals surface area contributed by atoms with E-state index in [0.29, 0.717) is 21.9 Å². The van der Waals surface area contributed by atoms with Crippen molar-refractivity contribution in [1.82, 2.24) is 20.1 Å². The molecule has 0 spiro atoms. The lowest BCUT2D eigenvalue weighted by molar-refractivity contribution is 0.0956. The molecule has 1 aromatic carbocycles. The van der Waals surface area contributed by atoms with E-state index in [1.165, 1.54) is 11.3 Å². The first-order chi connectivity index (χ1) is 13.0. The van der Waals surface area contributed by atoms with Gasteiger partial charge in [0.1, 0.15) is 9.71 Å². The Bertz CT molecular complexity index is 1110. The lowest BCUT2D eigenvalue weighted by Crippen LogP contribution is -2.22. The number of carbonyl (C=O) groups is 1. The fourth-order valence-corrected chi connectivity index (χ4v) is 3.98. The minimum Gasteiger partial charge on any atom is -0.397 e. The molecule has 0 unspecified atom stereocenters. The Hall–Kier alpha value is -3.19. The Morgan fingerprint density at radius 2 is 1.85 bits per heavy atom. The molecule has 0 saturated heterocycles. The number of amides is 1. The molecule has 6 nitrogen and oxygen atoms in total. The quantitative estimate of drug-likeness (QED) is 0.569. The average Bonchev–Trinajstić information content (AvgIpc) is 3.32. The van der Waals surface area contributed by atoms with Crippen LogP contribution in [-0.4, -0.2) is 20.7 Å². The topological polar surface area (TPSA) is 85.8 Å². The monoisotopic (exact) mass is 377 g/mol. The SMILES string of the molecule is Cc1nnc2sc(C(=O)NCc3ccc(-n4cccc4)cc3)c(N)c2c1C. The van der Waals surface area contributed by atoms with Crippen LogP contribution in [0.15, 0.2) is 48.8 Å². The number of rotatable bonds is 4. The van der Waals surface area contributed by atoms with Crippen LogP contribution in [-0.2, 0) is 6.54 Å². The van der Waals surface area contributed by atoms with Gasteiger partial charge in [-0.15, -0.1) is 16.4 Å². The molecule has 0 radical (unpaired) electrons. The predicted molar refractivity (Wildman–Crippen MR) is 108 cm³/mol. The van der Waals surface area contributed by atoms with Crippen LogP contribution < -0.4 is 11.1 Å². The summed E-state index contributed by atoms with van der Waals surface area (Å²) < 4.78 is 2.03. The average molecular weight is 377 g/mol. The zero-order valence-corrected chi connectivity index (χ0v) is 15.9. The van der Waals surface area contributed by atoms with Crippen LogP contribution in [0.25, 0.3) is 15.9 Å². The van der Waals surface area contributed by atoms with E-state index in [1.54, 1.807) is 0 Å². The molecule has 0 bridgehead atoms. The minimum atomic E-state index is -0.193. The van der Waals surface area contributed by atoms with E-state index >= 15 is 0 Å². The van der Waals surface area contributed by atoms with E-state index in [1.807, 2.05) is 67.2 Å². The first-order valence-corrected chi connectivity index (χ1v) is 9.38. The van der Waals surface area contributed by atoms with Gasteiger partial charge in [-0.2, -0.15) is 5.10 Å². The number of carbonyl (C=O) groups excluding carboxylic acids is 1. The zero-order valence-electron chi connectivity index (χ0n) is 15.1. The predicted octanol–water partition coefficient (Wildman–Crippen LogP) is 3.61. The molecule has 1 amide bonds. The number of thiophene rings is 1. The molecule has 4 aromatic rings. The first kappa shape index (κ1) is 17.2. The van der Waals surface area contributed by atoms with Crippen LogP contribution in [0.1, 0.15) is 26.5 Å². The van der Waals surface area contributed by atoms with E-state index in [2.05, 4.69) is 15.5 Å². The second kappa shape index (κ2) is 6.85. The van der Waals surface area contributed by atoms with Gasteiger partial charge < -0.3 is 15.6 Å². The summed E-state index contributed by atoms with van der Waals surface area (Å²) in [6.07, 6.45) is 3.99. The van der Waals surface area contributed by atoms with Crippen molar-refractivity contribution < 1.29 is 4.79 Å². The lowest BCUT2D eigenvalue weighted by Gasteiger charge is -2.07. The van der Waals surface area contributed by atoms with Crippen LogP contribution in [0.3, 0.4) is 0 Å². The molecule has 4 rings (SSSR count). The van der Waals surface area contributed by atoms with Crippen LogP contribution in [0, 0.1) is 13.8 Å². The molecule has 0 aliphatic heterocycles. The Kier molecular flexibility index (Phi) is 4.37. The fourth-order valence-electron chi connectivity index (χ4n) is 2.96. The maximum atomic E-state index is 12.6. The number of aromatic nitrogens is 3. The lowest BCUT2D eigenvalue weighted by atomic mass is 10.1. The van der Waals surface area contributed by atoms with Crippen LogP contribution >= 0.6 is 11.3 Å². The van der Waals surface area contributed by atoms with Crippen LogP contribution in [0.4, 0.5) is 5.69 Å². The van der Waals surface area contributed by atoms with Crippen molar-refractivity contribution in [3.63, 3.8) is 0 Å². The molecule has 0 aliphatic carbocycles. The van der Waals surface area contributed by atoms with Gasteiger partial charge in [-0.05, 0) is 49.2 Å². The third-order valence-electron chi connectivity index (χ3n) is 4.63. The van der Waals surface area contributed by atoms with E-state index in [9.17, 15) is 4.79 Å². The molecule has 0 aliphatic rings. The van der Waals surface area contributed by atoms with Gasteiger partial charge in [-0.1, -0.05) is 12.1 Å². The third kappa shape index (κ3) is 3.17. The number of aryl methyl sites for hydroxylation is 2. The highest BCUT2D eigenvalue weighted by molar-refractivity contribution is 7.21. The Morgan fingerprint density at radius 1 is 1.15 bits per heavy atom. The summed E-state index contributed by atoms with van der Waals surface area (Å²) in [4.78, 5) is 13.8. The number of nitrogens with one attached hydrogen (secondary N) is 1. The molecular weight excluding hydrogens is 358 g/mol.